The minimum Gasteiger partial charge on any atom is -0.454 e. The second kappa shape index (κ2) is 10.1. The lowest BCUT2D eigenvalue weighted by Gasteiger charge is -2.30. The highest BCUT2D eigenvalue weighted by Gasteiger charge is 2.26. The molecule has 29 heavy (non-hydrogen) atoms. The van der Waals surface area contributed by atoms with Crippen LogP contribution in [0.4, 0.5) is 10.5 Å². The van der Waals surface area contributed by atoms with Gasteiger partial charge in [-0.25, -0.2) is 4.79 Å². The summed E-state index contributed by atoms with van der Waals surface area (Å²) in [5.74, 6) is 0.818. The van der Waals surface area contributed by atoms with Crippen molar-refractivity contribution < 1.29 is 23.9 Å². The van der Waals surface area contributed by atoms with E-state index in [4.69, 9.17) is 9.47 Å². The van der Waals surface area contributed by atoms with Gasteiger partial charge in [0.05, 0.1) is 6.54 Å². The molecule has 1 aromatic carbocycles. The van der Waals surface area contributed by atoms with Gasteiger partial charge in [0.2, 0.25) is 18.6 Å². The molecule has 0 radical (unpaired) electrons. The molecule has 0 atom stereocenters. The first kappa shape index (κ1) is 20.9. The molecule has 158 valence electrons. The molecule has 0 aliphatic carbocycles. The first-order valence-corrected chi connectivity index (χ1v) is 10.1. The summed E-state index contributed by atoms with van der Waals surface area (Å²) in [6, 6.07) is 4.86. The van der Waals surface area contributed by atoms with Crippen LogP contribution in [0.25, 0.3) is 0 Å². The largest absolute Gasteiger partial charge is 0.454 e. The molecule has 2 heterocycles. The van der Waals surface area contributed by atoms with Gasteiger partial charge in [-0.1, -0.05) is 13.3 Å². The van der Waals surface area contributed by atoms with Crippen LogP contribution in [0.15, 0.2) is 18.2 Å². The van der Waals surface area contributed by atoms with Crippen molar-refractivity contribution in [1.29, 1.82) is 0 Å². The van der Waals surface area contributed by atoms with Crippen molar-refractivity contribution in [3.05, 3.63) is 18.2 Å². The fraction of sp³-hybridized carbons (Fsp3) is 0.550. The monoisotopic (exact) mass is 404 g/mol. The van der Waals surface area contributed by atoms with Crippen molar-refractivity contribution in [2.75, 3.05) is 38.3 Å². The average molecular weight is 404 g/mol. The maximum Gasteiger partial charge on any atom is 0.321 e. The summed E-state index contributed by atoms with van der Waals surface area (Å²) in [6.45, 7) is 4.19. The Balaban J connectivity index is 1.38. The van der Waals surface area contributed by atoms with Gasteiger partial charge in [-0.3, -0.25) is 19.8 Å². The van der Waals surface area contributed by atoms with E-state index in [1.807, 2.05) is 11.8 Å². The number of rotatable bonds is 7. The molecule has 3 N–H and O–H groups in total. The van der Waals surface area contributed by atoms with Crippen molar-refractivity contribution in [1.82, 2.24) is 15.5 Å². The zero-order chi connectivity index (χ0) is 20.6. The number of carbonyl (C=O) groups excluding carboxylic acids is 3. The van der Waals surface area contributed by atoms with Crippen LogP contribution in [0.1, 0.15) is 32.6 Å². The molecule has 0 saturated carbocycles. The minimum absolute atomic E-state index is 0.0386. The van der Waals surface area contributed by atoms with Gasteiger partial charge in [-0.05, 0) is 44.5 Å². The molecule has 1 saturated heterocycles. The van der Waals surface area contributed by atoms with Gasteiger partial charge in [0.15, 0.2) is 11.5 Å². The highest BCUT2D eigenvalue weighted by Crippen LogP contribution is 2.34. The van der Waals surface area contributed by atoms with Crippen molar-refractivity contribution in [3.63, 3.8) is 0 Å². The molecule has 0 unspecified atom stereocenters. The van der Waals surface area contributed by atoms with Gasteiger partial charge in [0.1, 0.15) is 0 Å². The molecular weight excluding hydrogens is 376 g/mol. The lowest BCUT2D eigenvalue weighted by atomic mass is 9.96. The van der Waals surface area contributed by atoms with Crippen LogP contribution in [-0.4, -0.2) is 55.7 Å². The third-order valence-corrected chi connectivity index (χ3v) is 5.03. The second-order valence-electron chi connectivity index (χ2n) is 7.27. The van der Waals surface area contributed by atoms with Gasteiger partial charge in [-0.15, -0.1) is 0 Å². The number of hydrogen-bond acceptors (Lipinski definition) is 6. The quantitative estimate of drug-likeness (QED) is 0.597. The summed E-state index contributed by atoms with van der Waals surface area (Å²) in [5.41, 5.74) is 0.676. The van der Waals surface area contributed by atoms with Gasteiger partial charge in [0, 0.05) is 24.2 Å². The third-order valence-electron chi connectivity index (χ3n) is 5.03. The second-order valence-corrected chi connectivity index (χ2v) is 7.27. The number of hydrogen-bond donors (Lipinski definition) is 3. The molecule has 0 spiro atoms. The van der Waals surface area contributed by atoms with E-state index < -0.39 is 6.03 Å². The van der Waals surface area contributed by atoms with Crippen molar-refractivity contribution in [2.45, 2.75) is 32.6 Å². The summed E-state index contributed by atoms with van der Waals surface area (Å²) >= 11 is 0. The van der Waals surface area contributed by atoms with Crippen LogP contribution in [-0.2, 0) is 9.59 Å². The Kier molecular flexibility index (Phi) is 7.29. The van der Waals surface area contributed by atoms with Crippen LogP contribution in [0, 0.1) is 5.92 Å². The third kappa shape index (κ3) is 6.08. The number of piperidine rings is 1. The van der Waals surface area contributed by atoms with E-state index in [0.29, 0.717) is 49.7 Å². The summed E-state index contributed by atoms with van der Waals surface area (Å²) in [7, 11) is 0. The maximum absolute atomic E-state index is 12.5. The summed E-state index contributed by atoms with van der Waals surface area (Å²) in [5, 5.41) is 7.92. The number of likely N-dealkylation sites (tertiary alicyclic amines) is 1. The predicted octanol–water partition coefficient (Wildman–Crippen LogP) is 1.69. The molecule has 1 aromatic rings. The number of anilines is 1. The van der Waals surface area contributed by atoms with E-state index in [9.17, 15) is 14.4 Å². The smallest absolute Gasteiger partial charge is 0.321 e. The molecule has 3 rings (SSSR count). The summed E-state index contributed by atoms with van der Waals surface area (Å²) in [4.78, 5) is 38.1. The standard InChI is InChI=1S/C20H28N4O5/c1-2-3-8-21-20(27)23-18(25)12-24-9-6-14(7-10-24)19(26)22-15-4-5-16-17(11-15)29-13-28-16/h4-5,11,14H,2-3,6-10,12-13H2,1H3,(H,22,26)(H2,21,23,25,27). The molecular formula is C20H28N4O5. The van der Waals surface area contributed by atoms with Gasteiger partial charge >= 0.3 is 6.03 Å². The highest BCUT2D eigenvalue weighted by atomic mass is 16.7. The number of nitrogens with zero attached hydrogens (tertiary/aromatic N) is 1. The Labute approximate surface area is 170 Å². The van der Waals surface area contributed by atoms with E-state index in [-0.39, 0.29) is 31.1 Å². The van der Waals surface area contributed by atoms with Crippen LogP contribution >= 0.6 is 0 Å². The fourth-order valence-electron chi connectivity index (χ4n) is 3.36. The number of amides is 4. The van der Waals surface area contributed by atoms with Crippen molar-refractivity contribution in [3.8, 4) is 11.5 Å². The van der Waals surface area contributed by atoms with E-state index >= 15 is 0 Å². The lowest BCUT2D eigenvalue weighted by Crippen LogP contribution is -2.47. The summed E-state index contributed by atoms with van der Waals surface area (Å²) in [6.07, 6.45) is 3.17. The number of nitrogens with one attached hydrogen (secondary N) is 3. The van der Waals surface area contributed by atoms with Crippen LogP contribution in [0.3, 0.4) is 0 Å². The SMILES string of the molecule is CCCCNC(=O)NC(=O)CN1CCC(C(=O)Nc2ccc3c(c2)OCO3)CC1. The van der Waals surface area contributed by atoms with Gasteiger partial charge in [-0.2, -0.15) is 0 Å². The number of imide groups is 1. The van der Waals surface area contributed by atoms with E-state index in [1.54, 1.807) is 18.2 Å². The van der Waals surface area contributed by atoms with E-state index in [2.05, 4.69) is 16.0 Å². The van der Waals surface area contributed by atoms with Crippen LogP contribution < -0.4 is 25.4 Å². The Hall–Kier alpha value is -2.81. The van der Waals surface area contributed by atoms with Gasteiger partial charge in [0.25, 0.3) is 0 Å². The lowest BCUT2D eigenvalue weighted by molar-refractivity contribution is -0.122. The van der Waals surface area contributed by atoms with Crippen LogP contribution in [0.2, 0.25) is 0 Å². The Morgan fingerprint density at radius 2 is 1.90 bits per heavy atom. The first-order valence-electron chi connectivity index (χ1n) is 10.1. The van der Waals surface area contributed by atoms with E-state index in [0.717, 1.165) is 12.8 Å². The molecule has 2 aliphatic heterocycles. The molecule has 9 heteroatoms. The number of unbranched alkanes of at least 4 members (excludes halogenated alkanes) is 1. The molecule has 1 fully saturated rings. The number of fused-ring (bicyclic) bond motifs is 1. The topological polar surface area (TPSA) is 109 Å². The highest BCUT2D eigenvalue weighted by molar-refractivity contribution is 5.95. The molecule has 0 aromatic heterocycles. The van der Waals surface area contributed by atoms with E-state index in [1.165, 1.54) is 0 Å². The molecule has 2 aliphatic rings. The number of urea groups is 1. The van der Waals surface area contributed by atoms with Crippen LogP contribution in [0.5, 0.6) is 11.5 Å². The normalized spacial score (nSPS) is 16.3. The minimum atomic E-state index is -0.457. The maximum atomic E-state index is 12.5. The number of carbonyl (C=O) groups is 3. The number of ether oxygens (including phenoxy) is 2. The van der Waals surface area contributed by atoms with Crippen molar-refractivity contribution in [2.24, 2.45) is 5.92 Å². The Bertz CT molecular complexity index is 746. The zero-order valence-electron chi connectivity index (χ0n) is 16.7. The van der Waals surface area contributed by atoms with Gasteiger partial charge < -0.3 is 20.1 Å². The first-order chi connectivity index (χ1) is 14.0. The molecule has 4 amide bonds. The summed E-state index contributed by atoms with van der Waals surface area (Å²) < 4.78 is 10.6. The van der Waals surface area contributed by atoms with Crippen molar-refractivity contribution >= 4 is 23.5 Å². The fourth-order valence-corrected chi connectivity index (χ4v) is 3.36. The average Bonchev–Trinajstić information content (AvgIpc) is 3.16. The Morgan fingerprint density at radius 1 is 1.14 bits per heavy atom. The zero-order valence-corrected chi connectivity index (χ0v) is 16.7. The molecule has 9 nitrogen and oxygen atoms in total. The predicted molar refractivity (Wildman–Crippen MR) is 107 cm³/mol. The Morgan fingerprint density at radius 3 is 2.66 bits per heavy atom. The number of benzene rings is 1. The molecule has 0 bridgehead atoms.